The van der Waals surface area contributed by atoms with E-state index in [1.807, 2.05) is 91.0 Å². The maximum absolute atomic E-state index is 12.0. The Morgan fingerprint density at radius 2 is 1.27 bits per heavy atom. The van der Waals surface area contributed by atoms with E-state index in [4.69, 9.17) is 10.5 Å². The molecule has 2 aliphatic rings. The number of hydrogen-bond donors (Lipinski definition) is 4. The highest BCUT2D eigenvalue weighted by Gasteiger charge is 2.34. The molecule has 2 saturated heterocycles. The molecule has 2 aliphatic heterocycles. The highest BCUT2D eigenvalue weighted by atomic mass is 16.5. The second-order valence-electron chi connectivity index (χ2n) is 8.80. The minimum Gasteiger partial charge on any atom is -0.445 e. The zero-order chi connectivity index (χ0) is 25.3. The van der Waals surface area contributed by atoms with Crippen LogP contribution in [0.2, 0.25) is 0 Å². The maximum Gasteiger partial charge on any atom is 0.407 e. The molecule has 0 bridgehead atoms. The number of carbonyl (C=O) groups excluding carboxylic acids is 3. The molecule has 37 heavy (non-hydrogen) atoms. The summed E-state index contributed by atoms with van der Waals surface area (Å²) in [7, 11) is 0. The first-order chi connectivity index (χ1) is 17.5. The van der Waals surface area contributed by atoms with E-state index in [1.165, 1.54) is 0 Å². The second kappa shape index (κ2) is 13.2. The molecule has 0 aromatic heterocycles. The Morgan fingerprint density at radius 3 is 1.81 bits per heavy atom. The van der Waals surface area contributed by atoms with Crippen LogP contribution in [0.3, 0.4) is 0 Å². The fourth-order valence-electron chi connectivity index (χ4n) is 4.34. The third-order valence-electron chi connectivity index (χ3n) is 6.12. The van der Waals surface area contributed by atoms with E-state index in [0.29, 0.717) is 6.42 Å². The molecule has 0 saturated carbocycles. The highest BCUT2D eigenvalue weighted by molar-refractivity contribution is 5.81. The van der Waals surface area contributed by atoms with Gasteiger partial charge in [-0.15, -0.1) is 0 Å². The van der Waals surface area contributed by atoms with Crippen molar-refractivity contribution in [3.8, 4) is 0 Å². The van der Waals surface area contributed by atoms with Crippen molar-refractivity contribution >= 4 is 17.9 Å². The number of amides is 3. The molecular weight excluding hydrogens is 468 g/mol. The van der Waals surface area contributed by atoms with E-state index >= 15 is 0 Å². The normalized spacial score (nSPS) is 22.0. The molecule has 8 heteroatoms. The van der Waals surface area contributed by atoms with E-state index in [1.54, 1.807) is 0 Å². The van der Waals surface area contributed by atoms with Gasteiger partial charge in [-0.05, 0) is 16.7 Å². The average Bonchev–Trinajstić information content (AvgIpc) is 3.45. The quantitative estimate of drug-likeness (QED) is 0.423. The Balaban J connectivity index is 0.000000231. The van der Waals surface area contributed by atoms with Crippen LogP contribution < -0.4 is 21.7 Å². The fourth-order valence-corrected chi connectivity index (χ4v) is 4.34. The van der Waals surface area contributed by atoms with Gasteiger partial charge in [-0.2, -0.15) is 0 Å². The molecule has 5 N–H and O–H groups in total. The monoisotopic (exact) mass is 502 g/mol. The first-order valence-corrected chi connectivity index (χ1v) is 11.9. The van der Waals surface area contributed by atoms with Crippen LogP contribution in [0.15, 0.2) is 91.0 Å². The Hall–Kier alpha value is -4.17. The lowest BCUT2D eigenvalue weighted by atomic mass is 10.0. The lowest BCUT2D eigenvalue weighted by molar-refractivity contribution is -0.120. The highest BCUT2D eigenvalue weighted by Crippen LogP contribution is 2.24. The summed E-state index contributed by atoms with van der Waals surface area (Å²) >= 11 is 0. The number of hydrogen-bond acceptors (Lipinski definition) is 5. The summed E-state index contributed by atoms with van der Waals surface area (Å²) in [5, 5.41) is 8.53. The van der Waals surface area contributed by atoms with Crippen LogP contribution >= 0.6 is 0 Å². The van der Waals surface area contributed by atoms with E-state index in [9.17, 15) is 14.4 Å². The Labute approximate surface area is 217 Å². The van der Waals surface area contributed by atoms with Gasteiger partial charge in [0.05, 0.1) is 18.1 Å². The minimum atomic E-state index is -0.517. The molecule has 4 atom stereocenters. The standard InChI is InChI=1S/C18H18N2O3.C10H12N2O.CH4/c21-16-11-15(17(20-16)14-9-5-2-6-10-14)19-18(22)23-12-13-7-3-1-4-8-13;11-8-6-9(13)12-10(8)7-4-2-1-3-5-7;/h1-10,15,17H,11-12H2,(H,19,22)(H,20,21);1-5,8,10H,6,11H2,(H,12,13);1H4/t15-,17?;8-,10?;/m00./s1. The van der Waals surface area contributed by atoms with Crippen LogP contribution in [0, 0.1) is 0 Å². The topological polar surface area (TPSA) is 123 Å². The van der Waals surface area contributed by atoms with E-state index in [2.05, 4.69) is 16.0 Å². The van der Waals surface area contributed by atoms with E-state index in [-0.39, 0.29) is 56.4 Å². The zero-order valence-electron chi connectivity index (χ0n) is 19.8. The summed E-state index contributed by atoms with van der Waals surface area (Å²) < 4.78 is 5.22. The molecule has 2 unspecified atom stereocenters. The molecular formula is C29H34N4O4. The lowest BCUT2D eigenvalue weighted by Crippen LogP contribution is -2.38. The summed E-state index contributed by atoms with van der Waals surface area (Å²) in [6.45, 7) is 0.205. The summed E-state index contributed by atoms with van der Waals surface area (Å²) in [4.78, 5) is 34.7. The van der Waals surface area contributed by atoms with Gasteiger partial charge in [0.2, 0.25) is 11.8 Å². The molecule has 0 aliphatic carbocycles. The van der Waals surface area contributed by atoms with E-state index < -0.39 is 6.09 Å². The molecule has 3 aromatic rings. The second-order valence-corrected chi connectivity index (χ2v) is 8.80. The van der Waals surface area contributed by atoms with Gasteiger partial charge in [0.25, 0.3) is 0 Å². The van der Waals surface area contributed by atoms with E-state index in [0.717, 1.165) is 16.7 Å². The van der Waals surface area contributed by atoms with Gasteiger partial charge < -0.3 is 26.4 Å². The number of carbonyl (C=O) groups is 3. The summed E-state index contributed by atoms with van der Waals surface area (Å²) in [5.41, 5.74) is 8.79. The molecule has 3 aromatic carbocycles. The molecule has 2 fully saturated rings. The van der Waals surface area contributed by atoms with Gasteiger partial charge in [-0.3, -0.25) is 9.59 Å². The Morgan fingerprint density at radius 1 is 0.784 bits per heavy atom. The van der Waals surface area contributed by atoms with Crippen molar-refractivity contribution in [3.05, 3.63) is 108 Å². The number of nitrogens with two attached hydrogens (primary N) is 1. The number of ether oxygens (including phenoxy) is 1. The summed E-state index contributed by atoms with van der Waals surface area (Å²) in [6.07, 6.45) is 0.163. The van der Waals surface area contributed by atoms with Crippen LogP contribution in [0.1, 0.15) is 49.0 Å². The van der Waals surface area contributed by atoms with Gasteiger partial charge >= 0.3 is 6.09 Å². The van der Waals surface area contributed by atoms with Crippen molar-refractivity contribution in [2.45, 2.75) is 51.0 Å². The predicted molar refractivity (Wildman–Crippen MR) is 142 cm³/mol. The van der Waals surface area contributed by atoms with Crippen LogP contribution in [0.25, 0.3) is 0 Å². The third kappa shape index (κ3) is 7.65. The van der Waals surface area contributed by atoms with Crippen molar-refractivity contribution in [3.63, 3.8) is 0 Å². The molecule has 2 heterocycles. The number of benzene rings is 3. The van der Waals surface area contributed by atoms with Crippen LogP contribution in [0.5, 0.6) is 0 Å². The van der Waals surface area contributed by atoms with Gasteiger partial charge in [-0.25, -0.2) is 4.79 Å². The maximum atomic E-state index is 12.0. The van der Waals surface area contributed by atoms with Crippen molar-refractivity contribution in [2.75, 3.05) is 0 Å². The predicted octanol–water partition coefficient (Wildman–Crippen LogP) is 3.75. The first kappa shape index (κ1) is 27.4. The smallest absolute Gasteiger partial charge is 0.407 e. The number of rotatable bonds is 5. The number of nitrogens with one attached hydrogen (secondary N) is 3. The van der Waals surface area contributed by atoms with Crippen molar-refractivity contribution in [1.29, 1.82) is 0 Å². The van der Waals surface area contributed by atoms with Gasteiger partial charge in [0, 0.05) is 18.9 Å². The molecule has 194 valence electrons. The van der Waals surface area contributed by atoms with Crippen molar-refractivity contribution < 1.29 is 19.1 Å². The Kier molecular flexibility index (Phi) is 9.80. The van der Waals surface area contributed by atoms with Gasteiger partial charge in [0.15, 0.2) is 0 Å². The molecule has 0 spiro atoms. The van der Waals surface area contributed by atoms with Crippen molar-refractivity contribution in [1.82, 2.24) is 16.0 Å². The zero-order valence-corrected chi connectivity index (χ0v) is 19.8. The van der Waals surface area contributed by atoms with Crippen LogP contribution in [0.4, 0.5) is 4.79 Å². The van der Waals surface area contributed by atoms with Crippen LogP contribution in [-0.2, 0) is 20.9 Å². The Bertz CT molecular complexity index is 1160. The lowest BCUT2D eigenvalue weighted by Gasteiger charge is -2.20. The molecule has 0 radical (unpaired) electrons. The summed E-state index contributed by atoms with van der Waals surface area (Å²) in [5.74, 6) is -0.0337. The van der Waals surface area contributed by atoms with Crippen LogP contribution in [-0.4, -0.2) is 30.0 Å². The SMILES string of the molecule is C.N[C@H]1CC(=O)NC1c1ccccc1.O=C1C[C@H](NC(=O)OCc2ccccc2)C(c2ccccc2)N1. The molecule has 5 rings (SSSR count). The van der Waals surface area contributed by atoms with Gasteiger partial charge in [0.1, 0.15) is 6.61 Å². The molecule has 8 nitrogen and oxygen atoms in total. The summed E-state index contributed by atoms with van der Waals surface area (Å²) in [6, 6.07) is 28.2. The number of alkyl carbamates (subject to hydrolysis) is 1. The largest absolute Gasteiger partial charge is 0.445 e. The molecule has 3 amide bonds. The minimum absolute atomic E-state index is 0. The van der Waals surface area contributed by atoms with Gasteiger partial charge in [-0.1, -0.05) is 98.4 Å². The fraction of sp³-hybridized carbons (Fsp3) is 0.276. The first-order valence-electron chi connectivity index (χ1n) is 11.9. The van der Waals surface area contributed by atoms with Crippen molar-refractivity contribution in [2.24, 2.45) is 5.73 Å². The average molecular weight is 503 g/mol. The third-order valence-corrected chi connectivity index (χ3v) is 6.12.